The van der Waals surface area contributed by atoms with Gasteiger partial charge >= 0.3 is 6.18 Å². The van der Waals surface area contributed by atoms with Gasteiger partial charge in [0, 0.05) is 29.5 Å². The van der Waals surface area contributed by atoms with E-state index in [0.29, 0.717) is 5.56 Å². The van der Waals surface area contributed by atoms with Gasteiger partial charge in [0.25, 0.3) is 5.91 Å². The summed E-state index contributed by atoms with van der Waals surface area (Å²) in [4.78, 5) is 42.1. The van der Waals surface area contributed by atoms with Crippen LogP contribution in [0.25, 0.3) is 0 Å². The summed E-state index contributed by atoms with van der Waals surface area (Å²) in [5, 5.41) is 5.66. The van der Waals surface area contributed by atoms with Crippen molar-refractivity contribution in [1.82, 2.24) is 10.3 Å². The highest BCUT2D eigenvalue weighted by atomic mass is 35.5. The van der Waals surface area contributed by atoms with Crippen LogP contribution in [0, 0.1) is 5.41 Å². The van der Waals surface area contributed by atoms with Gasteiger partial charge in [0.1, 0.15) is 5.75 Å². The molecule has 2 amide bonds. The van der Waals surface area contributed by atoms with Crippen LogP contribution in [0.1, 0.15) is 58.3 Å². The third kappa shape index (κ3) is 7.79. The number of rotatable bonds is 8. The number of ether oxygens (including phenoxy) is 1. The van der Waals surface area contributed by atoms with Crippen LogP contribution in [0.3, 0.4) is 0 Å². The molecule has 0 aliphatic heterocycles. The lowest BCUT2D eigenvalue weighted by Crippen LogP contribution is -2.34. The van der Waals surface area contributed by atoms with Crippen LogP contribution in [0.15, 0.2) is 54.7 Å². The van der Waals surface area contributed by atoms with Gasteiger partial charge in [-0.15, -0.1) is 0 Å². The third-order valence-corrected chi connectivity index (χ3v) is 5.98. The van der Waals surface area contributed by atoms with Gasteiger partial charge in [0.2, 0.25) is 5.91 Å². The highest BCUT2D eigenvalue weighted by Gasteiger charge is 2.31. The fraction of sp³-hybridized carbons (Fsp3) is 0.286. The first kappa shape index (κ1) is 29.6. The first-order valence-corrected chi connectivity index (χ1v) is 12.2. The zero-order valence-corrected chi connectivity index (χ0v) is 22.5. The minimum Gasteiger partial charge on any atom is -0.496 e. The van der Waals surface area contributed by atoms with Gasteiger partial charge < -0.3 is 15.4 Å². The smallest absolute Gasteiger partial charge is 0.416 e. The van der Waals surface area contributed by atoms with E-state index in [0.717, 1.165) is 18.3 Å². The van der Waals surface area contributed by atoms with Crippen molar-refractivity contribution in [3.8, 4) is 5.75 Å². The molecule has 0 spiro atoms. The first-order chi connectivity index (χ1) is 18.2. The number of amides is 2. The topological polar surface area (TPSA) is 97.4 Å². The maximum atomic E-state index is 13.0. The average Bonchev–Trinajstić information content (AvgIpc) is 2.87. The van der Waals surface area contributed by atoms with Gasteiger partial charge in [-0.1, -0.05) is 38.4 Å². The Kier molecular flexibility index (Phi) is 9.01. The van der Waals surface area contributed by atoms with E-state index in [1.54, 1.807) is 39.0 Å². The van der Waals surface area contributed by atoms with Crippen LogP contribution in [0.2, 0.25) is 5.02 Å². The molecule has 39 heavy (non-hydrogen) atoms. The van der Waals surface area contributed by atoms with E-state index in [4.69, 9.17) is 16.3 Å². The molecule has 11 heteroatoms. The summed E-state index contributed by atoms with van der Waals surface area (Å²) in [5.41, 5.74) is -0.452. The number of Topliss-reactive ketones (excluding diaryl/α,β-unsaturated/α-hetero) is 1. The number of benzene rings is 2. The van der Waals surface area contributed by atoms with E-state index in [2.05, 4.69) is 15.6 Å². The standard InChI is InChI=1S/C28H27ClF3N3O4/c1-27(2,3)26(38)34-15-16-5-7-22(29)20(11-16)25(37)35-18-6-8-24(39-4)21(13-18)23(36)14-19-12-17(9-10-33-19)28(30,31)32/h5-13H,14-15H2,1-4H3,(H,34,38)(H,35,37). The number of alkyl halides is 3. The van der Waals surface area contributed by atoms with Crippen molar-refractivity contribution >= 4 is 34.9 Å². The van der Waals surface area contributed by atoms with Gasteiger partial charge in [-0.05, 0) is 48.0 Å². The fourth-order valence-electron chi connectivity index (χ4n) is 3.52. The number of hydrogen-bond donors (Lipinski definition) is 2. The highest BCUT2D eigenvalue weighted by molar-refractivity contribution is 6.34. The van der Waals surface area contributed by atoms with E-state index in [1.807, 2.05) is 0 Å². The lowest BCUT2D eigenvalue weighted by molar-refractivity contribution is -0.137. The normalized spacial score (nSPS) is 11.6. The van der Waals surface area contributed by atoms with Gasteiger partial charge in [0.15, 0.2) is 5.78 Å². The number of methoxy groups -OCH3 is 1. The van der Waals surface area contributed by atoms with Crippen LogP contribution in [0.4, 0.5) is 18.9 Å². The van der Waals surface area contributed by atoms with Crippen molar-refractivity contribution in [3.05, 3.63) is 87.7 Å². The predicted octanol–water partition coefficient (Wildman–Crippen LogP) is 6.10. The fourth-order valence-corrected chi connectivity index (χ4v) is 3.72. The summed E-state index contributed by atoms with van der Waals surface area (Å²) in [7, 11) is 1.34. The molecule has 1 heterocycles. The lowest BCUT2D eigenvalue weighted by Gasteiger charge is -2.18. The van der Waals surface area contributed by atoms with E-state index in [1.165, 1.54) is 25.3 Å². The molecule has 0 saturated heterocycles. The number of pyridine rings is 1. The molecule has 206 valence electrons. The Morgan fingerprint density at radius 3 is 2.33 bits per heavy atom. The molecule has 0 saturated carbocycles. The number of carbonyl (C=O) groups excluding carboxylic acids is 3. The molecule has 3 aromatic rings. The van der Waals surface area contributed by atoms with E-state index >= 15 is 0 Å². The molecule has 0 radical (unpaired) electrons. The van der Waals surface area contributed by atoms with Gasteiger partial charge in [-0.2, -0.15) is 13.2 Å². The van der Waals surface area contributed by atoms with Crippen LogP contribution in [0.5, 0.6) is 5.75 Å². The van der Waals surface area contributed by atoms with Crippen molar-refractivity contribution < 1.29 is 32.3 Å². The third-order valence-electron chi connectivity index (χ3n) is 5.65. The minimum atomic E-state index is -4.57. The zero-order chi connectivity index (χ0) is 29.0. The predicted molar refractivity (Wildman–Crippen MR) is 141 cm³/mol. The largest absolute Gasteiger partial charge is 0.496 e. The summed E-state index contributed by atoms with van der Waals surface area (Å²) in [6, 6.07) is 10.8. The Bertz CT molecular complexity index is 1400. The van der Waals surface area contributed by atoms with Crippen LogP contribution in [-0.4, -0.2) is 29.7 Å². The molecule has 1 aromatic heterocycles. The van der Waals surface area contributed by atoms with Gasteiger partial charge in [-0.25, -0.2) is 0 Å². The molecule has 0 fully saturated rings. The van der Waals surface area contributed by atoms with Crippen molar-refractivity contribution in [3.63, 3.8) is 0 Å². The minimum absolute atomic E-state index is 0.0549. The molecule has 2 N–H and O–H groups in total. The maximum Gasteiger partial charge on any atom is 0.416 e. The number of hydrogen-bond acceptors (Lipinski definition) is 5. The van der Waals surface area contributed by atoms with Crippen molar-refractivity contribution in [2.24, 2.45) is 5.41 Å². The number of ketones is 1. The summed E-state index contributed by atoms with van der Waals surface area (Å²) >= 11 is 6.25. The molecule has 0 aliphatic carbocycles. The van der Waals surface area contributed by atoms with Gasteiger partial charge in [-0.3, -0.25) is 19.4 Å². The quantitative estimate of drug-likeness (QED) is 0.324. The Morgan fingerprint density at radius 1 is 0.974 bits per heavy atom. The molecule has 2 aromatic carbocycles. The monoisotopic (exact) mass is 561 g/mol. The van der Waals surface area contributed by atoms with E-state index in [-0.39, 0.29) is 45.7 Å². The van der Waals surface area contributed by atoms with Crippen molar-refractivity contribution in [1.29, 1.82) is 0 Å². The molecule has 0 aliphatic rings. The summed E-state index contributed by atoms with van der Waals surface area (Å²) in [5.74, 6) is -1.09. The number of anilines is 1. The maximum absolute atomic E-state index is 13.0. The SMILES string of the molecule is COc1ccc(NC(=O)c2cc(CNC(=O)C(C)(C)C)ccc2Cl)cc1C(=O)Cc1cc(C(F)(F)F)ccn1. The number of nitrogens with one attached hydrogen (secondary N) is 2. The summed E-state index contributed by atoms with van der Waals surface area (Å²) in [6.45, 7) is 5.55. The van der Waals surface area contributed by atoms with Crippen LogP contribution >= 0.6 is 11.6 Å². The van der Waals surface area contributed by atoms with Crippen molar-refractivity contribution in [2.75, 3.05) is 12.4 Å². The number of carbonyl (C=O) groups is 3. The van der Waals surface area contributed by atoms with Crippen LogP contribution < -0.4 is 15.4 Å². The lowest BCUT2D eigenvalue weighted by atomic mass is 9.95. The Morgan fingerprint density at radius 2 is 1.69 bits per heavy atom. The van der Waals surface area contributed by atoms with Gasteiger partial charge in [0.05, 0.1) is 35.2 Å². The molecule has 0 unspecified atom stereocenters. The molecular weight excluding hydrogens is 535 g/mol. The highest BCUT2D eigenvalue weighted by Crippen LogP contribution is 2.30. The second-order valence-corrected chi connectivity index (χ2v) is 10.2. The summed E-state index contributed by atoms with van der Waals surface area (Å²) < 4.78 is 44.4. The number of halogens is 4. The Hall–Kier alpha value is -3.92. The summed E-state index contributed by atoms with van der Waals surface area (Å²) in [6.07, 6.45) is -3.99. The Balaban J connectivity index is 1.79. The molecule has 0 atom stereocenters. The zero-order valence-electron chi connectivity index (χ0n) is 21.7. The molecular formula is C28H27ClF3N3O4. The second kappa shape index (κ2) is 11.9. The molecule has 7 nitrogen and oxygen atoms in total. The molecule has 3 rings (SSSR count). The Labute approximate surface area is 228 Å². The molecule has 0 bridgehead atoms. The second-order valence-electron chi connectivity index (χ2n) is 9.75. The first-order valence-electron chi connectivity index (χ1n) is 11.8. The number of nitrogens with zero attached hydrogens (tertiary/aromatic N) is 1. The van der Waals surface area contributed by atoms with Crippen molar-refractivity contribution in [2.45, 2.75) is 39.9 Å². The number of aromatic nitrogens is 1. The average molecular weight is 562 g/mol. The van der Waals surface area contributed by atoms with Crippen LogP contribution in [-0.2, 0) is 23.9 Å². The van der Waals surface area contributed by atoms with E-state index < -0.39 is 35.3 Å². The van der Waals surface area contributed by atoms with E-state index in [9.17, 15) is 27.6 Å².